The zero-order valence-corrected chi connectivity index (χ0v) is 23.8. The predicted molar refractivity (Wildman–Crippen MR) is 151 cm³/mol. The first kappa shape index (κ1) is 30.1. The Hall–Kier alpha value is -3.43. The number of benzene rings is 3. The molecule has 0 aliphatic carbocycles. The summed E-state index contributed by atoms with van der Waals surface area (Å²) >= 11 is 6.18. The molecule has 3 aromatic rings. The number of anilines is 1. The van der Waals surface area contributed by atoms with E-state index in [2.05, 4.69) is 5.32 Å². The molecule has 3 rings (SSSR count). The van der Waals surface area contributed by atoms with Gasteiger partial charge in [0.25, 0.3) is 10.0 Å². The second-order valence-electron chi connectivity index (χ2n) is 9.27. The third kappa shape index (κ3) is 8.03. The maximum Gasteiger partial charge on any atom is 0.264 e. The Morgan fingerprint density at radius 1 is 1.03 bits per heavy atom. The van der Waals surface area contributed by atoms with E-state index in [9.17, 15) is 22.4 Å². The van der Waals surface area contributed by atoms with Gasteiger partial charge in [-0.15, -0.1) is 0 Å². The molecule has 1 unspecified atom stereocenters. The summed E-state index contributed by atoms with van der Waals surface area (Å²) in [6, 6.07) is 17.2. The standard InChI is InChI=1S/C29H33ClFN3O4S/c1-4-5-17-32-29(36)22(3)33(19-23-11-13-25(31)14-12-23)28(35)20-34(26-8-6-7-24(30)18-26)39(37,38)27-15-9-21(2)10-16-27/h6-16,18,22H,4-5,17,19-20H2,1-3H3,(H,32,36). The number of amides is 2. The van der Waals surface area contributed by atoms with Gasteiger partial charge in [-0.25, -0.2) is 12.8 Å². The topological polar surface area (TPSA) is 86.8 Å². The highest BCUT2D eigenvalue weighted by atomic mass is 35.5. The van der Waals surface area contributed by atoms with Crippen LogP contribution in [0.5, 0.6) is 0 Å². The molecule has 1 atom stereocenters. The highest BCUT2D eigenvalue weighted by Crippen LogP contribution is 2.27. The average Bonchev–Trinajstić information content (AvgIpc) is 2.91. The van der Waals surface area contributed by atoms with Crippen LogP contribution < -0.4 is 9.62 Å². The van der Waals surface area contributed by atoms with Crippen molar-refractivity contribution in [2.24, 2.45) is 0 Å². The van der Waals surface area contributed by atoms with Gasteiger partial charge in [0.15, 0.2) is 0 Å². The Kier molecular flexibility index (Phi) is 10.5. The van der Waals surface area contributed by atoms with Crippen LogP contribution in [0.3, 0.4) is 0 Å². The molecule has 0 heterocycles. The Labute approximate surface area is 234 Å². The molecule has 208 valence electrons. The lowest BCUT2D eigenvalue weighted by atomic mass is 10.1. The van der Waals surface area contributed by atoms with E-state index in [4.69, 9.17) is 11.6 Å². The van der Waals surface area contributed by atoms with Crippen molar-refractivity contribution in [3.05, 3.63) is 94.8 Å². The number of halogens is 2. The van der Waals surface area contributed by atoms with Gasteiger partial charge in [-0.1, -0.05) is 60.8 Å². The first-order chi connectivity index (χ1) is 18.5. The smallest absolute Gasteiger partial charge is 0.264 e. The van der Waals surface area contributed by atoms with Gasteiger partial charge < -0.3 is 10.2 Å². The van der Waals surface area contributed by atoms with E-state index in [1.807, 2.05) is 13.8 Å². The van der Waals surface area contributed by atoms with Crippen molar-refractivity contribution >= 4 is 39.1 Å². The molecular formula is C29H33ClFN3O4S. The maximum atomic E-state index is 13.8. The van der Waals surface area contributed by atoms with Crippen LogP contribution in [0, 0.1) is 12.7 Å². The normalized spacial score (nSPS) is 12.0. The maximum absolute atomic E-state index is 13.8. The minimum absolute atomic E-state index is 0.0105. The highest BCUT2D eigenvalue weighted by molar-refractivity contribution is 7.92. The fourth-order valence-electron chi connectivity index (χ4n) is 3.90. The SMILES string of the molecule is CCCCNC(=O)C(C)N(Cc1ccc(F)cc1)C(=O)CN(c1cccc(Cl)c1)S(=O)(=O)c1ccc(C)cc1. The fourth-order valence-corrected chi connectivity index (χ4v) is 5.49. The van der Waals surface area contributed by atoms with Crippen LogP contribution in [0.25, 0.3) is 0 Å². The van der Waals surface area contributed by atoms with E-state index >= 15 is 0 Å². The molecule has 0 spiro atoms. The van der Waals surface area contributed by atoms with E-state index < -0.39 is 34.3 Å². The quantitative estimate of drug-likeness (QED) is 0.297. The summed E-state index contributed by atoms with van der Waals surface area (Å²) in [5.41, 5.74) is 1.68. The third-order valence-corrected chi connectivity index (χ3v) is 8.27. The summed E-state index contributed by atoms with van der Waals surface area (Å²) in [4.78, 5) is 28.1. The second kappa shape index (κ2) is 13.6. The van der Waals surface area contributed by atoms with Crippen molar-refractivity contribution < 1.29 is 22.4 Å². The number of hydrogen-bond donors (Lipinski definition) is 1. The lowest BCUT2D eigenvalue weighted by Gasteiger charge is -2.32. The van der Waals surface area contributed by atoms with Crippen LogP contribution in [0.1, 0.15) is 37.8 Å². The van der Waals surface area contributed by atoms with Gasteiger partial charge in [-0.2, -0.15) is 0 Å². The molecule has 0 saturated heterocycles. The first-order valence-corrected chi connectivity index (χ1v) is 14.5. The van der Waals surface area contributed by atoms with Gasteiger partial charge in [0, 0.05) is 18.1 Å². The first-order valence-electron chi connectivity index (χ1n) is 12.7. The van der Waals surface area contributed by atoms with Gasteiger partial charge in [0.2, 0.25) is 11.8 Å². The van der Waals surface area contributed by atoms with Crippen molar-refractivity contribution in [2.75, 3.05) is 17.4 Å². The third-order valence-electron chi connectivity index (χ3n) is 6.25. The molecule has 7 nitrogen and oxygen atoms in total. The molecule has 39 heavy (non-hydrogen) atoms. The van der Waals surface area contributed by atoms with Crippen LogP contribution in [0.4, 0.5) is 10.1 Å². The summed E-state index contributed by atoms with van der Waals surface area (Å²) in [5.74, 6) is -1.40. The number of carbonyl (C=O) groups excluding carboxylic acids is 2. The number of unbranched alkanes of at least 4 members (excludes halogenated alkanes) is 1. The number of aryl methyl sites for hydroxylation is 1. The zero-order chi connectivity index (χ0) is 28.6. The molecule has 0 aromatic heterocycles. The number of rotatable bonds is 12. The minimum Gasteiger partial charge on any atom is -0.354 e. The number of nitrogens with one attached hydrogen (secondary N) is 1. The molecule has 0 fully saturated rings. The van der Waals surface area contributed by atoms with Crippen LogP contribution in [-0.2, 0) is 26.2 Å². The van der Waals surface area contributed by atoms with Crippen molar-refractivity contribution in [3.63, 3.8) is 0 Å². The van der Waals surface area contributed by atoms with Crippen LogP contribution in [0.2, 0.25) is 5.02 Å². The summed E-state index contributed by atoms with van der Waals surface area (Å²) in [6.45, 7) is 5.28. The molecule has 2 amide bonds. The number of carbonyl (C=O) groups is 2. The Morgan fingerprint density at radius 3 is 2.31 bits per heavy atom. The van der Waals surface area contributed by atoms with E-state index in [1.54, 1.807) is 37.3 Å². The van der Waals surface area contributed by atoms with Crippen LogP contribution in [0.15, 0.2) is 77.7 Å². The van der Waals surface area contributed by atoms with Crippen molar-refractivity contribution in [1.82, 2.24) is 10.2 Å². The molecule has 1 N–H and O–H groups in total. The van der Waals surface area contributed by atoms with Gasteiger partial charge >= 0.3 is 0 Å². The molecule has 0 aliphatic heterocycles. The average molecular weight is 574 g/mol. The molecule has 0 aliphatic rings. The predicted octanol–water partition coefficient (Wildman–Crippen LogP) is 5.32. The van der Waals surface area contributed by atoms with Crippen molar-refractivity contribution in [3.8, 4) is 0 Å². The van der Waals surface area contributed by atoms with E-state index in [1.165, 1.54) is 47.4 Å². The van der Waals surface area contributed by atoms with E-state index in [0.29, 0.717) is 17.1 Å². The summed E-state index contributed by atoms with van der Waals surface area (Å²) < 4.78 is 42.1. The number of nitrogens with zero attached hydrogens (tertiary/aromatic N) is 2. The molecule has 0 saturated carbocycles. The lowest BCUT2D eigenvalue weighted by molar-refractivity contribution is -0.139. The molecule has 3 aromatic carbocycles. The number of sulfonamides is 1. The highest BCUT2D eigenvalue weighted by Gasteiger charge is 2.32. The Morgan fingerprint density at radius 2 is 1.69 bits per heavy atom. The van der Waals surface area contributed by atoms with Gasteiger partial charge in [0.05, 0.1) is 10.6 Å². The fraction of sp³-hybridized carbons (Fsp3) is 0.310. The summed E-state index contributed by atoms with van der Waals surface area (Å²) in [7, 11) is -4.18. The van der Waals surface area contributed by atoms with E-state index in [-0.39, 0.29) is 23.0 Å². The van der Waals surface area contributed by atoms with Gasteiger partial charge in [-0.05, 0) is 68.3 Å². The molecule has 0 bridgehead atoms. The molecule has 0 radical (unpaired) electrons. The molecule has 10 heteroatoms. The Bertz CT molecular complexity index is 1380. The van der Waals surface area contributed by atoms with Crippen molar-refractivity contribution in [2.45, 2.75) is 51.1 Å². The van der Waals surface area contributed by atoms with Crippen LogP contribution >= 0.6 is 11.6 Å². The number of hydrogen-bond acceptors (Lipinski definition) is 4. The largest absolute Gasteiger partial charge is 0.354 e. The van der Waals surface area contributed by atoms with Gasteiger partial charge in [-0.3, -0.25) is 13.9 Å². The van der Waals surface area contributed by atoms with E-state index in [0.717, 1.165) is 22.7 Å². The Balaban J connectivity index is 1.99. The van der Waals surface area contributed by atoms with Gasteiger partial charge in [0.1, 0.15) is 18.4 Å². The molecular weight excluding hydrogens is 541 g/mol. The van der Waals surface area contributed by atoms with Crippen LogP contribution in [-0.4, -0.2) is 44.3 Å². The second-order valence-corrected chi connectivity index (χ2v) is 11.6. The zero-order valence-electron chi connectivity index (χ0n) is 22.2. The summed E-state index contributed by atoms with van der Waals surface area (Å²) in [6.07, 6.45) is 1.67. The lowest BCUT2D eigenvalue weighted by Crippen LogP contribution is -2.51. The minimum atomic E-state index is -4.18. The summed E-state index contributed by atoms with van der Waals surface area (Å²) in [5, 5.41) is 3.13. The van der Waals surface area contributed by atoms with Crippen molar-refractivity contribution in [1.29, 1.82) is 0 Å². The monoisotopic (exact) mass is 573 g/mol.